The average molecular weight is 485 g/mol. The molecular weight excluding hydrogens is 464 g/mol. The van der Waals surface area contributed by atoms with Crippen LogP contribution in [0.15, 0.2) is 34.4 Å². The zero-order valence-electron chi connectivity index (χ0n) is 16.6. The monoisotopic (exact) mass is 484 g/mol. The average Bonchev–Trinajstić information content (AvgIpc) is 3.17. The van der Waals surface area contributed by atoms with E-state index in [1.54, 1.807) is 0 Å². The first kappa shape index (κ1) is 23.2. The number of nitrogens with two attached hydrogens (primary N) is 1. The largest absolute Gasteiger partial charge is 0.392 e. The summed E-state index contributed by atoms with van der Waals surface area (Å²) in [5, 5.41) is 6.74. The maximum Gasteiger partial charge on any atom is 0.280 e. The first-order valence-electron chi connectivity index (χ1n) is 9.46. The Kier molecular flexibility index (Phi) is 7.29. The maximum absolute atomic E-state index is 12.9. The van der Waals surface area contributed by atoms with E-state index in [4.69, 9.17) is 22.2 Å². The summed E-state index contributed by atoms with van der Waals surface area (Å²) in [5.41, 5.74) is 5.40. The van der Waals surface area contributed by atoms with Crippen LogP contribution in [0.2, 0.25) is 5.02 Å². The van der Waals surface area contributed by atoms with Crippen molar-refractivity contribution in [2.75, 3.05) is 11.6 Å². The van der Waals surface area contributed by atoms with E-state index in [-0.39, 0.29) is 37.3 Å². The molecule has 166 valence electrons. The van der Waals surface area contributed by atoms with Crippen molar-refractivity contribution in [1.82, 2.24) is 4.98 Å². The van der Waals surface area contributed by atoms with E-state index in [1.165, 1.54) is 24.4 Å². The quantitative estimate of drug-likeness (QED) is 0.457. The van der Waals surface area contributed by atoms with E-state index in [0.29, 0.717) is 0 Å². The van der Waals surface area contributed by atoms with Gasteiger partial charge in [-0.2, -0.15) is 0 Å². The van der Waals surface area contributed by atoms with Gasteiger partial charge in [-0.1, -0.05) is 40.6 Å². The van der Waals surface area contributed by atoms with Crippen LogP contribution in [0.25, 0.3) is 0 Å². The maximum atomic E-state index is 12.9. The minimum atomic E-state index is -3.54. The van der Waals surface area contributed by atoms with Gasteiger partial charge in [-0.05, 0) is 37.8 Å². The van der Waals surface area contributed by atoms with Crippen molar-refractivity contribution in [1.29, 1.82) is 0 Å². The van der Waals surface area contributed by atoms with Crippen molar-refractivity contribution in [2.45, 2.75) is 43.1 Å². The molecule has 2 aromatic rings. The van der Waals surface area contributed by atoms with Gasteiger partial charge < -0.3 is 10.6 Å². The third kappa shape index (κ3) is 6.02. The number of amides is 2. The van der Waals surface area contributed by atoms with Crippen LogP contribution in [0.3, 0.4) is 0 Å². The molecule has 0 bridgehead atoms. The second-order valence-electron chi connectivity index (χ2n) is 7.07. The summed E-state index contributed by atoms with van der Waals surface area (Å²) in [6.07, 6.45) is 7.03. The standard InChI is InChI=1S/C19H21ClN4O5S2/c1-31(27,28)15-8-7-11(9-13(15)20)16(24-29-12-5-3-2-4-6-12)18(26)23-19-22-10-14(30-19)17(21)25/h7-10,12H,2-6H2,1H3,(H2,21,25)(H,22,23,26)/b24-16+. The summed E-state index contributed by atoms with van der Waals surface area (Å²) in [6.45, 7) is 0. The van der Waals surface area contributed by atoms with Crippen molar-refractivity contribution in [3.05, 3.63) is 39.9 Å². The molecule has 3 rings (SSSR count). The Balaban J connectivity index is 1.90. The van der Waals surface area contributed by atoms with Gasteiger partial charge in [-0.3, -0.25) is 14.9 Å². The minimum absolute atomic E-state index is 0.0385. The normalized spacial score (nSPS) is 15.5. The first-order chi connectivity index (χ1) is 14.6. The molecule has 3 N–H and O–H groups in total. The SMILES string of the molecule is CS(=O)(=O)c1ccc(/C(=N\OC2CCCCC2)C(=O)Nc2ncc(C(N)=O)s2)cc1Cl. The third-order valence-electron chi connectivity index (χ3n) is 4.63. The molecule has 1 aromatic carbocycles. The fraction of sp³-hybridized carbons (Fsp3) is 0.368. The van der Waals surface area contributed by atoms with E-state index in [1.807, 2.05) is 0 Å². The number of nitrogens with zero attached hydrogens (tertiary/aromatic N) is 2. The lowest BCUT2D eigenvalue weighted by atomic mass is 9.98. The van der Waals surface area contributed by atoms with Gasteiger partial charge in [-0.25, -0.2) is 13.4 Å². The van der Waals surface area contributed by atoms with Crippen molar-refractivity contribution in [3.8, 4) is 0 Å². The Morgan fingerprint density at radius 2 is 2.00 bits per heavy atom. The number of primary amides is 1. The van der Waals surface area contributed by atoms with Crippen LogP contribution in [0.5, 0.6) is 0 Å². The molecule has 0 radical (unpaired) electrons. The van der Waals surface area contributed by atoms with Crippen molar-refractivity contribution < 1.29 is 22.8 Å². The predicted octanol–water partition coefficient (Wildman–Crippen LogP) is 2.99. The van der Waals surface area contributed by atoms with Crippen LogP contribution < -0.4 is 11.1 Å². The number of sulfone groups is 1. The molecule has 0 aliphatic heterocycles. The fourth-order valence-corrected chi connectivity index (χ4v) is 5.07. The molecule has 0 unspecified atom stereocenters. The van der Waals surface area contributed by atoms with Gasteiger partial charge in [0, 0.05) is 11.8 Å². The molecule has 0 saturated heterocycles. The van der Waals surface area contributed by atoms with Crippen LogP contribution in [-0.2, 0) is 19.5 Å². The highest BCUT2D eigenvalue weighted by molar-refractivity contribution is 7.90. The van der Waals surface area contributed by atoms with Gasteiger partial charge in [0.25, 0.3) is 11.8 Å². The summed E-state index contributed by atoms with van der Waals surface area (Å²) in [5.74, 6) is -1.31. The number of halogens is 1. The number of anilines is 1. The topological polar surface area (TPSA) is 141 Å². The second kappa shape index (κ2) is 9.75. The molecular formula is C19H21ClN4O5S2. The molecule has 1 saturated carbocycles. The van der Waals surface area contributed by atoms with Crippen LogP contribution in [0.1, 0.15) is 47.3 Å². The number of benzene rings is 1. The molecule has 1 aliphatic rings. The zero-order chi connectivity index (χ0) is 22.6. The molecule has 0 spiro atoms. The van der Waals surface area contributed by atoms with Gasteiger partial charge in [0.1, 0.15) is 11.0 Å². The number of aromatic nitrogens is 1. The molecule has 31 heavy (non-hydrogen) atoms. The Morgan fingerprint density at radius 3 is 2.58 bits per heavy atom. The minimum Gasteiger partial charge on any atom is -0.392 e. The van der Waals surface area contributed by atoms with Gasteiger partial charge in [0.05, 0.1) is 16.1 Å². The number of hydrogen-bond acceptors (Lipinski definition) is 8. The summed E-state index contributed by atoms with van der Waals surface area (Å²) < 4.78 is 23.7. The van der Waals surface area contributed by atoms with Crippen LogP contribution >= 0.6 is 22.9 Å². The van der Waals surface area contributed by atoms with Gasteiger partial charge in [0.2, 0.25) is 0 Å². The van der Waals surface area contributed by atoms with Crippen molar-refractivity contribution >= 4 is 55.4 Å². The second-order valence-corrected chi connectivity index (χ2v) is 10.5. The molecule has 9 nitrogen and oxygen atoms in total. The third-order valence-corrected chi connectivity index (χ3v) is 7.14. The smallest absolute Gasteiger partial charge is 0.280 e. The Bertz CT molecular complexity index is 1120. The Labute approximate surface area is 188 Å². The number of nitrogens with one attached hydrogen (secondary N) is 1. The fourth-order valence-electron chi connectivity index (χ4n) is 3.07. The van der Waals surface area contributed by atoms with E-state index >= 15 is 0 Å². The number of rotatable bonds is 7. The van der Waals surface area contributed by atoms with E-state index in [0.717, 1.165) is 49.7 Å². The molecule has 2 amide bonds. The number of oxime groups is 1. The molecule has 1 heterocycles. The highest BCUT2D eigenvalue weighted by atomic mass is 35.5. The summed E-state index contributed by atoms with van der Waals surface area (Å²) in [7, 11) is -3.54. The van der Waals surface area contributed by atoms with Crippen LogP contribution in [-0.4, -0.2) is 43.3 Å². The predicted molar refractivity (Wildman–Crippen MR) is 118 cm³/mol. The molecule has 12 heteroatoms. The van der Waals surface area contributed by atoms with Crippen LogP contribution in [0, 0.1) is 0 Å². The first-order valence-corrected chi connectivity index (χ1v) is 12.5. The Morgan fingerprint density at radius 1 is 1.29 bits per heavy atom. The number of hydrogen-bond donors (Lipinski definition) is 2. The molecule has 0 atom stereocenters. The van der Waals surface area contributed by atoms with Gasteiger partial charge in [0.15, 0.2) is 20.7 Å². The van der Waals surface area contributed by atoms with E-state index in [2.05, 4.69) is 15.5 Å². The van der Waals surface area contributed by atoms with Gasteiger partial charge >= 0.3 is 0 Å². The Hall–Kier alpha value is -2.50. The van der Waals surface area contributed by atoms with Crippen molar-refractivity contribution in [2.24, 2.45) is 10.9 Å². The van der Waals surface area contributed by atoms with E-state index in [9.17, 15) is 18.0 Å². The van der Waals surface area contributed by atoms with Crippen LogP contribution in [0.4, 0.5) is 5.13 Å². The molecule has 1 fully saturated rings. The lowest BCUT2D eigenvalue weighted by Gasteiger charge is -2.20. The number of thiazole rings is 1. The summed E-state index contributed by atoms with van der Waals surface area (Å²) in [4.78, 5) is 33.9. The lowest BCUT2D eigenvalue weighted by Crippen LogP contribution is -2.25. The summed E-state index contributed by atoms with van der Waals surface area (Å²) >= 11 is 7.06. The lowest BCUT2D eigenvalue weighted by molar-refractivity contribution is -0.110. The molecule has 1 aliphatic carbocycles. The number of carbonyl (C=O) groups is 2. The van der Waals surface area contributed by atoms with Crippen molar-refractivity contribution in [3.63, 3.8) is 0 Å². The van der Waals surface area contributed by atoms with E-state index < -0.39 is 21.7 Å². The summed E-state index contributed by atoms with van der Waals surface area (Å²) in [6, 6.07) is 4.09. The number of carbonyl (C=O) groups excluding carboxylic acids is 2. The van der Waals surface area contributed by atoms with Gasteiger partial charge in [-0.15, -0.1) is 0 Å². The highest BCUT2D eigenvalue weighted by Gasteiger charge is 2.22. The highest BCUT2D eigenvalue weighted by Crippen LogP contribution is 2.25. The zero-order valence-corrected chi connectivity index (χ0v) is 19.0. The molecule has 1 aromatic heterocycles.